The van der Waals surface area contributed by atoms with Gasteiger partial charge in [0, 0.05) is 13.1 Å². The number of hydrogen-bond acceptors (Lipinski definition) is 5. The Hall–Kier alpha value is 0.0500. The van der Waals surface area contributed by atoms with Gasteiger partial charge in [-0.3, -0.25) is 0 Å². The molecule has 0 N–H and O–H groups in total. The molecule has 1 saturated heterocycles. The van der Waals surface area contributed by atoms with Crippen LogP contribution >= 0.6 is 34.3 Å². The van der Waals surface area contributed by atoms with Crippen LogP contribution < -0.4 is 4.90 Å². The largest absolute Gasteiger partial charge is 0.378 e. The molecule has 0 amide bonds. The van der Waals surface area contributed by atoms with E-state index in [1.54, 1.807) is 0 Å². The molecule has 6 heteroatoms. The third-order valence-electron chi connectivity index (χ3n) is 1.74. The van der Waals surface area contributed by atoms with Gasteiger partial charge in [0.25, 0.3) is 0 Å². The normalized spacial score (nSPS) is 18.2. The third kappa shape index (κ3) is 1.69. The molecule has 12 heavy (non-hydrogen) atoms. The highest BCUT2D eigenvalue weighted by Gasteiger charge is 2.16. The zero-order valence-corrected chi connectivity index (χ0v) is 9.34. The SMILES string of the molecule is Ic1nsnc1N1CCOCC1. The Balaban J connectivity index is 2.13. The Morgan fingerprint density at radius 3 is 2.67 bits per heavy atom. The van der Waals surface area contributed by atoms with Gasteiger partial charge in [0.1, 0.15) is 0 Å². The molecule has 1 aromatic rings. The Kier molecular flexibility index (Phi) is 2.76. The Labute approximate surface area is 88.4 Å². The number of aromatic nitrogens is 2. The first-order valence-electron chi connectivity index (χ1n) is 3.68. The number of rotatable bonds is 1. The summed E-state index contributed by atoms with van der Waals surface area (Å²) in [5, 5.41) is 0. The van der Waals surface area contributed by atoms with Gasteiger partial charge in [-0.05, 0) is 22.6 Å². The van der Waals surface area contributed by atoms with E-state index >= 15 is 0 Å². The van der Waals surface area contributed by atoms with Gasteiger partial charge in [0.15, 0.2) is 9.52 Å². The van der Waals surface area contributed by atoms with E-state index in [-0.39, 0.29) is 0 Å². The molecule has 0 aromatic carbocycles. The summed E-state index contributed by atoms with van der Waals surface area (Å²) in [5.41, 5.74) is 0. The minimum atomic E-state index is 0.799. The van der Waals surface area contributed by atoms with Crippen molar-refractivity contribution in [3.05, 3.63) is 3.70 Å². The van der Waals surface area contributed by atoms with Gasteiger partial charge in [-0.1, -0.05) is 0 Å². The van der Waals surface area contributed by atoms with Crippen molar-refractivity contribution >= 4 is 40.1 Å². The molecule has 0 aliphatic carbocycles. The van der Waals surface area contributed by atoms with Gasteiger partial charge in [0.2, 0.25) is 0 Å². The summed E-state index contributed by atoms with van der Waals surface area (Å²) in [5.74, 6) is 1.02. The lowest BCUT2D eigenvalue weighted by molar-refractivity contribution is 0.122. The predicted octanol–water partition coefficient (Wildman–Crippen LogP) is 0.979. The number of nitrogens with zero attached hydrogens (tertiary/aromatic N) is 3. The predicted molar refractivity (Wildman–Crippen MR) is 55.7 cm³/mol. The topological polar surface area (TPSA) is 38.2 Å². The lowest BCUT2D eigenvalue weighted by atomic mass is 10.4. The van der Waals surface area contributed by atoms with Crippen molar-refractivity contribution < 1.29 is 4.74 Å². The molecular formula is C6H8IN3OS. The van der Waals surface area contributed by atoms with E-state index < -0.39 is 0 Å². The summed E-state index contributed by atoms with van der Waals surface area (Å²) < 4.78 is 14.6. The summed E-state index contributed by atoms with van der Waals surface area (Å²) >= 11 is 3.48. The van der Waals surface area contributed by atoms with Crippen molar-refractivity contribution in [1.29, 1.82) is 0 Å². The number of hydrogen-bond donors (Lipinski definition) is 0. The number of halogens is 1. The quantitative estimate of drug-likeness (QED) is 0.724. The minimum Gasteiger partial charge on any atom is -0.378 e. The Bertz CT molecular complexity index is 261. The van der Waals surface area contributed by atoms with E-state index in [0.29, 0.717) is 0 Å². The molecule has 0 radical (unpaired) electrons. The van der Waals surface area contributed by atoms with E-state index in [2.05, 4.69) is 36.2 Å². The first-order chi connectivity index (χ1) is 5.88. The fourth-order valence-corrected chi connectivity index (χ4v) is 2.50. The molecule has 4 nitrogen and oxygen atoms in total. The first kappa shape index (κ1) is 8.64. The number of anilines is 1. The molecular weight excluding hydrogens is 289 g/mol. The van der Waals surface area contributed by atoms with Crippen molar-refractivity contribution in [2.75, 3.05) is 31.2 Å². The highest BCUT2D eigenvalue weighted by Crippen LogP contribution is 2.20. The molecule has 1 aliphatic heterocycles. The van der Waals surface area contributed by atoms with E-state index in [0.717, 1.165) is 35.8 Å². The van der Waals surface area contributed by atoms with E-state index in [1.807, 2.05) is 0 Å². The van der Waals surface area contributed by atoms with Crippen molar-refractivity contribution in [1.82, 2.24) is 8.75 Å². The van der Waals surface area contributed by atoms with Crippen molar-refractivity contribution in [3.8, 4) is 0 Å². The van der Waals surface area contributed by atoms with Gasteiger partial charge < -0.3 is 9.64 Å². The van der Waals surface area contributed by atoms with Crippen LogP contribution in [0.1, 0.15) is 0 Å². The van der Waals surface area contributed by atoms with E-state index in [9.17, 15) is 0 Å². The number of ether oxygens (including phenoxy) is 1. The monoisotopic (exact) mass is 297 g/mol. The summed E-state index contributed by atoms with van der Waals surface area (Å²) in [6, 6.07) is 0. The molecule has 0 bridgehead atoms. The maximum Gasteiger partial charge on any atom is 0.176 e. The van der Waals surface area contributed by atoms with Crippen LogP contribution in [0.2, 0.25) is 0 Å². The summed E-state index contributed by atoms with van der Waals surface area (Å²) in [7, 11) is 0. The van der Waals surface area contributed by atoms with E-state index in [4.69, 9.17) is 4.74 Å². The van der Waals surface area contributed by atoms with Crippen LogP contribution in [0, 0.1) is 3.70 Å². The van der Waals surface area contributed by atoms with Gasteiger partial charge in [-0.25, -0.2) is 0 Å². The second-order valence-electron chi connectivity index (χ2n) is 2.48. The number of morpholine rings is 1. The maximum absolute atomic E-state index is 5.25. The van der Waals surface area contributed by atoms with Crippen LogP contribution in [0.25, 0.3) is 0 Å². The zero-order chi connectivity index (χ0) is 8.39. The highest BCUT2D eigenvalue weighted by molar-refractivity contribution is 14.1. The molecule has 1 fully saturated rings. The molecule has 0 spiro atoms. The molecule has 0 unspecified atom stereocenters. The van der Waals surface area contributed by atoms with Crippen LogP contribution in [0.4, 0.5) is 5.82 Å². The smallest absolute Gasteiger partial charge is 0.176 e. The van der Waals surface area contributed by atoms with Crippen molar-refractivity contribution in [3.63, 3.8) is 0 Å². The lowest BCUT2D eigenvalue weighted by Gasteiger charge is -2.26. The minimum absolute atomic E-state index is 0.799. The maximum atomic E-state index is 5.25. The Morgan fingerprint density at radius 2 is 2.08 bits per heavy atom. The summed E-state index contributed by atoms with van der Waals surface area (Å²) in [4.78, 5) is 2.22. The highest BCUT2D eigenvalue weighted by atomic mass is 127. The molecule has 2 heterocycles. The molecule has 2 rings (SSSR count). The fourth-order valence-electron chi connectivity index (χ4n) is 1.14. The van der Waals surface area contributed by atoms with Crippen molar-refractivity contribution in [2.24, 2.45) is 0 Å². The molecule has 0 saturated carbocycles. The first-order valence-corrected chi connectivity index (χ1v) is 5.49. The van der Waals surface area contributed by atoms with Gasteiger partial charge >= 0.3 is 0 Å². The molecule has 1 aliphatic rings. The average Bonchev–Trinajstić information content (AvgIpc) is 2.53. The standard InChI is InChI=1S/C6H8IN3OS/c7-5-6(9-12-8-5)10-1-3-11-4-2-10/h1-4H2. The summed E-state index contributed by atoms with van der Waals surface area (Å²) in [6.45, 7) is 3.46. The van der Waals surface area contributed by atoms with Crippen LogP contribution in [0.15, 0.2) is 0 Å². The average molecular weight is 297 g/mol. The molecule has 66 valence electrons. The second kappa shape index (κ2) is 3.84. The van der Waals surface area contributed by atoms with Crippen LogP contribution in [-0.4, -0.2) is 35.1 Å². The molecule has 1 aromatic heterocycles. The zero-order valence-electron chi connectivity index (χ0n) is 6.36. The summed E-state index contributed by atoms with van der Waals surface area (Å²) in [6.07, 6.45) is 0. The molecule has 0 atom stereocenters. The van der Waals surface area contributed by atoms with Crippen LogP contribution in [0.3, 0.4) is 0 Å². The second-order valence-corrected chi connectivity index (χ2v) is 4.03. The Morgan fingerprint density at radius 1 is 1.33 bits per heavy atom. The van der Waals surface area contributed by atoms with Gasteiger partial charge in [-0.2, -0.15) is 8.75 Å². The van der Waals surface area contributed by atoms with Crippen LogP contribution in [-0.2, 0) is 4.74 Å². The fraction of sp³-hybridized carbons (Fsp3) is 0.667. The van der Waals surface area contributed by atoms with Gasteiger partial charge in [0.05, 0.1) is 24.9 Å². The van der Waals surface area contributed by atoms with Crippen molar-refractivity contribution in [2.45, 2.75) is 0 Å². The van der Waals surface area contributed by atoms with E-state index in [1.165, 1.54) is 11.7 Å². The lowest BCUT2D eigenvalue weighted by Crippen LogP contribution is -2.36. The third-order valence-corrected chi connectivity index (χ3v) is 3.31. The van der Waals surface area contributed by atoms with Crippen LogP contribution in [0.5, 0.6) is 0 Å². The van der Waals surface area contributed by atoms with Gasteiger partial charge in [-0.15, -0.1) is 0 Å².